The molecular weight excluding hydrogens is 625 g/mol. The quantitative estimate of drug-likeness (QED) is 0.102. The molecule has 3 N–H and O–H groups in total. The fourth-order valence-corrected chi connectivity index (χ4v) is 6.78. The molecule has 0 saturated carbocycles. The van der Waals surface area contributed by atoms with E-state index >= 15 is 0 Å². The lowest BCUT2D eigenvalue weighted by atomic mass is 10.1. The summed E-state index contributed by atoms with van der Waals surface area (Å²) in [5.74, 6) is -1.08. The van der Waals surface area contributed by atoms with Gasteiger partial charge in [0.15, 0.2) is 5.13 Å². The topological polar surface area (TPSA) is 100 Å². The van der Waals surface area contributed by atoms with Gasteiger partial charge in [0, 0.05) is 16.1 Å². The van der Waals surface area contributed by atoms with E-state index in [1.807, 2.05) is 110 Å². The van der Waals surface area contributed by atoms with E-state index in [0.717, 1.165) is 31.8 Å². The highest BCUT2D eigenvalue weighted by Crippen LogP contribution is 2.38. The van der Waals surface area contributed by atoms with Crippen LogP contribution in [0.15, 0.2) is 144 Å². The van der Waals surface area contributed by atoms with Crippen molar-refractivity contribution in [3.05, 3.63) is 161 Å². The van der Waals surface area contributed by atoms with E-state index in [2.05, 4.69) is 20.9 Å². The zero-order valence-corrected chi connectivity index (χ0v) is 27.0. The molecule has 0 radical (unpaired) electrons. The average Bonchev–Trinajstić information content (AvgIpc) is 3.51. The number of carbonyl (C=O) groups is 3. The summed E-state index contributed by atoms with van der Waals surface area (Å²) in [7, 11) is 0. The molecule has 47 heavy (non-hydrogen) atoms. The van der Waals surface area contributed by atoms with Gasteiger partial charge in [0.2, 0.25) is 5.91 Å². The minimum absolute atomic E-state index is 0.101. The summed E-state index contributed by atoms with van der Waals surface area (Å²) < 4.78 is 0.992. The van der Waals surface area contributed by atoms with E-state index in [9.17, 15) is 14.4 Å². The van der Waals surface area contributed by atoms with Gasteiger partial charge < -0.3 is 16.0 Å². The van der Waals surface area contributed by atoms with E-state index in [1.54, 1.807) is 36.4 Å². The number of anilines is 2. The van der Waals surface area contributed by atoms with Gasteiger partial charge in [-0.2, -0.15) is 0 Å². The number of thioether (sulfide) groups is 1. The minimum Gasteiger partial charge on any atom is -0.321 e. The molecule has 1 atom stereocenters. The van der Waals surface area contributed by atoms with Crippen LogP contribution < -0.4 is 16.0 Å². The van der Waals surface area contributed by atoms with Crippen LogP contribution in [0.4, 0.5) is 10.8 Å². The number of aromatic nitrogens is 1. The lowest BCUT2D eigenvalue weighted by Gasteiger charge is -2.17. The second-order valence-corrected chi connectivity index (χ2v) is 12.8. The molecule has 1 unspecified atom stereocenters. The first-order valence-corrected chi connectivity index (χ1v) is 16.6. The Morgan fingerprint density at radius 1 is 0.766 bits per heavy atom. The van der Waals surface area contributed by atoms with E-state index in [4.69, 9.17) is 0 Å². The van der Waals surface area contributed by atoms with E-state index in [-0.39, 0.29) is 11.6 Å². The van der Waals surface area contributed by atoms with Crippen molar-refractivity contribution in [2.45, 2.75) is 17.1 Å². The molecule has 1 aromatic heterocycles. The number of carbonyl (C=O) groups excluding carboxylic acids is 3. The summed E-state index contributed by atoms with van der Waals surface area (Å²) >= 11 is 2.79. The number of para-hydroxylation sites is 1. The van der Waals surface area contributed by atoms with E-state index in [0.29, 0.717) is 16.4 Å². The molecule has 6 aromatic rings. The van der Waals surface area contributed by atoms with Gasteiger partial charge in [-0.1, -0.05) is 102 Å². The van der Waals surface area contributed by atoms with Gasteiger partial charge in [-0.05, 0) is 72.2 Å². The Balaban J connectivity index is 1.23. The number of benzene rings is 5. The SMILES string of the molecule is Cc1ccccc1/C=C(\NC(=O)c1ccccc1)C(=O)Nc1cccc(SC(C(=O)Nc2nc3ccccc3s2)c2ccccc2)c1. The summed E-state index contributed by atoms with van der Waals surface area (Å²) in [6.45, 7) is 1.94. The van der Waals surface area contributed by atoms with Crippen molar-refractivity contribution < 1.29 is 14.4 Å². The summed E-state index contributed by atoms with van der Waals surface area (Å²) in [6, 6.07) is 40.9. The van der Waals surface area contributed by atoms with Crippen molar-refractivity contribution in [1.82, 2.24) is 10.3 Å². The fraction of sp³-hybridized carbons (Fsp3) is 0.0526. The van der Waals surface area contributed by atoms with Crippen LogP contribution in [-0.2, 0) is 9.59 Å². The second kappa shape index (κ2) is 14.7. The number of aryl methyl sites for hydroxylation is 1. The van der Waals surface area contributed by atoms with Gasteiger partial charge in [0.1, 0.15) is 10.9 Å². The predicted molar refractivity (Wildman–Crippen MR) is 191 cm³/mol. The number of nitrogens with zero attached hydrogens (tertiary/aromatic N) is 1. The minimum atomic E-state index is -0.587. The van der Waals surface area contributed by atoms with Crippen LogP contribution in [-0.4, -0.2) is 22.7 Å². The molecule has 3 amide bonds. The highest BCUT2D eigenvalue weighted by molar-refractivity contribution is 8.00. The summed E-state index contributed by atoms with van der Waals surface area (Å²) in [4.78, 5) is 45.8. The lowest BCUT2D eigenvalue weighted by molar-refractivity contribution is -0.116. The Morgan fingerprint density at radius 2 is 1.47 bits per heavy atom. The maximum atomic E-state index is 13.7. The normalized spacial score (nSPS) is 11.9. The number of fused-ring (bicyclic) bond motifs is 1. The van der Waals surface area contributed by atoms with Gasteiger partial charge >= 0.3 is 0 Å². The molecule has 232 valence electrons. The molecule has 0 saturated heterocycles. The smallest absolute Gasteiger partial charge is 0.272 e. The van der Waals surface area contributed by atoms with Crippen LogP contribution in [0.25, 0.3) is 16.3 Å². The van der Waals surface area contributed by atoms with Crippen molar-refractivity contribution in [1.29, 1.82) is 0 Å². The Kier molecular flexibility index (Phi) is 9.86. The van der Waals surface area contributed by atoms with Gasteiger partial charge in [-0.3, -0.25) is 14.4 Å². The van der Waals surface area contributed by atoms with Crippen LogP contribution in [0.2, 0.25) is 0 Å². The number of nitrogens with one attached hydrogen (secondary N) is 3. The second-order valence-electron chi connectivity index (χ2n) is 10.6. The lowest BCUT2D eigenvalue weighted by Crippen LogP contribution is -2.30. The molecule has 5 aromatic carbocycles. The zero-order valence-electron chi connectivity index (χ0n) is 25.3. The van der Waals surface area contributed by atoms with Crippen molar-refractivity contribution in [2.24, 2.45) is 0 Å². The Morgan fingerprint density at radius 3 is 2.23 bits per heavy atom. The van der Waals surface area contributed by atoms with E-state index in [1.165, 1.54) is 23.1 Å². The molecule has 0 spiro atoms. The molecule has 1 heterocycles. The standard InChI is InChI=1S/C38H30N4O3S2/c1-25-13-8-9-18-28(25)23-32(40-35(43)27-16-6-3-7-17-27)36(44)39-29-19-12-20-30(24-29)46-34(26-14-4-2-5-15-26)37(45)42-38-41-31-21-10-11-22-33(31)47-38/h2-24,34H,1H3,(H,39,44)(H,40,43)(H,41,42,45)/b32-23-. The highest BCUT2D eigenvalue weighted by Gasteiger charge is 2.24. The first-order chi connectivity index (χ1) is 22.9. The number of hydrogen-bond donors (Lipinski definition) is 3. The van der Waals surface area contributed by atoms with Crippen LogP contribution in [0.3, 0.4) is 0 Å². The van der Waals surface area contributed by atoms with E-state index < -0.39 is 17.1 Å². The molecule has 0 fully saturated rings. The van der Waals surface area contributed by atoms with Gasteiger partial charge in [-0.25, -0.2) is 4.98 Å². The number of amides is 3. The first kappa shape index (κ1) is 31.5. The average molecular weight is 655 g/mol. The van der Waals surface area contributed by atoms with Crippen LogP contribution in [0.1, 0.15) is 32.3 Å². The van der Waals surface area contributed by atoms with Gasteiger partial charge in [0.05, 0.1) is 10.2 Å². The maximum Gasteiger partial charge on any atom is 0.272 e. The Hall–Kier alpha value is -5.51. The molecule has 0 aliphatic heterocycles. The van der Waals surface area contributed by atoms with Gasteiger partial charge in [-0.15, -0.1) is 11.8 Å². The molecule has 7 nitrogen and oxygen atoms in total. The molecule has 0 aliphatic rings. The van der Waals surface area contributed by atoms with Crippen molar-refractivity contribution >= 4 is 67.9 Å². The zero-order chi connectivity index (χ0) is 32.6. The first-order valence-electron chi connectivity index (χ1n) is 14.9. The molecule has 0 aliphatic carbocycles. The van der Waals surface area contributed by atoms with Crippen molar-refractivity contribution in [3.63, 3.8) is 0 Å². The van der Waals surface area contributed by atoms with Crippen LogP contribution >= 0.6 is 23.1 Å². The maximum absolute atomic E-state index is 13.7. The van der Waals surface area contributed by atoms with Crippen molar-refractivity contribution in [2.75, 3.05) is 10.6 Å². The number of thiazole rings is 1. The highest BCUT2D eigenvalue weighted by atomic mass is 32.2. The third-order valence-corrected chi connectivity index (χ3v) is 9.43. The van der Waals surface area contributed by atoms with Crippen LogP contribution in [0.5, 0.6) is 0 Å². The van der Waals surface area contributed by atoms with Crippen LogP contribution in [0, 0.1) is 6.92 Å². The summed E-state index contributed by atoms with van der Waals surface area (Å²) in [6.07, 6.45) is 1.67. The monoisotopic (exact) mass is 654 g/mol. The summed E-state index contributed by atoms with van der Waals surface area (Å²) in [5.41, 5.74) is 4.48. The van der Waals surface area contributed by atoms with Gasteiger partial charge in [0.25, 0.3) is 11.8 Å². The number of rotatable bonds is 10. The largest absolute Gasteiger partial charge is 0.321 e. The molecule has 9 heteroatoms. The third kappa shape index (κ3) is 8.02. The summed E-state index contributed by atoms with van der Waals surface area (Å²) in [5, 5.41) is 8.67. The third-order valence-electron chi connectivity index (χ3n) is 7.23. The Labute approximate surface area is 280 Å². The predicted octanol–water partition coefficient (Wildman–Crippen LogP) is 8.49. The Bertz CT molecular complexity index is 2040. The number of hydrogen-bond acceptors (Lipinski definition) is 6. The van der Waals surface area contributed by atoms with Crippen molar-refractivity contribution in [3.8, 4) is 0 Å². The molecule has 6 rings (SSSR count). The molecular formula is C38H30N4O3S2. The molecule has 0 bridgehead atoms. The fourth-order valence-electron chi connectivity index (χ4n) is 4.83.